The topological polar surface area (TPSA) is 53.9 Å². The molecule has 0 unspecified atom stereocenters. The van der Waals surface area contributed by atoms with Gasteiger partial charge in [-0.15, -0.1) is 11.8 Å². The van der Waals surface area contributed by atoms with Gasteiger partial charge in [0.25, 0.3) is 0 Å². The van der Waals surface area contributed by atoms with Gasteiger partial charge in [-0.05, 0) is 31.0 Å². The fourth-order valence-corrected chi connectivity index (χ4v) is 3.33. The van der Waals surface area contributed by atoms with Gasteiger partial charge in [-0.1, -0.05) is 6.07 Å². The van der Waals surface area contributed by atoms with Crippen LogP contribution < -0.4 is 10.2 Å². The number of aromatic nitrogens is 3. The molecule has 22 heavy (non-hydrogen) atoms. The molecule has 6 heteroatoms. The van der Waals surface area contributed by atoms with Crippen LogP contribution in [0.5, 0.6) is 0 Å². The first-order valence-electron chi connectivity index (χ1n) is 7.71. The van der Waals surface area contributed by atoms with E-state index in [1.165, 1.54) is 0 Å². The maximum Gasteiger partial charge on any atom is 0.225 e. The minimum absolute atomic E-state index is 0.601. The highest BCUT2D eigenvalue weighted by Gasteiger charge is 2.19. The Morgan fingerprint density at radius 3 is 2.55 bits per heavy atom. The lowest BCUT2D eigenvalue weighted by Crippen LogP contribution is -2.43. The van der Waals surface area contributed by atoms with E-state index in [4.69, 9.17) is 0 Å². The van der Waals surface area contributed by atoms with Crippen LogP contribution in [0.15, 0.2) is 47.9 Å². The molecule has 0 atom stereocenters. The summed E-state index contributed by atoms with van der Waals surface area (Å²) in [6.07, 6.45) is 7.75. The van der Waals surface area contributed by atoms with Crippen molar-refractivity contribution in [2.75, 3.05) is 30.3 Å². The molecule has 2 aromatic rings. The lowest BCUT2D eigenvalue weighted by atomic mass is 10.1. The highest BCUT2D eigenvalue weighted by atomic mass is 32.2. The molecule has 5 nitrogen and oxygen atoms in total. The second kappa shape index (κ2) is 8.10. The zero-order valence-corrected chi connectivity index (χ0v) is 13.4. The molecule has 0 bridgehead atoms. The highest BCUT2D eigenvalue weighted by molar-refractivity contribution is 7.99. The Morgan fingerprint density at radius 2 is 1.82 bits per heavy atom. The number of pyridine rings is 1. The Hall–Kier alpha value is -1.66. The predicted molar refractivity (Wildman–Crippen MR) is 90.2 cm³/mol. The van der Waals surface area contributed by atoms with Crippen LogP contribution in [0.2, 0.25) is 0 Å². The number of anilines is 1. The van der Waals surface area contributed by atoms with Gasteiger partial charge in [-0.2, -0.15) is 0 Å². The van der Waals surface area contributed by atoms with Crippen LogP contribution in [0.4, 0.5) is 5.95 Å². The lowest BCUT2D eigenvalue weighted by molar-refractivity contribution is 0.422. The van der Waals surface area contributed by atoms with Crippen molar-refractivity contribution < 1.29 is 0 Å². The van der Waals surface area contributed by atoms with Gasteiger partial charge < -0.3 is 10.2 Å². The van der Waals surface area contributed by atoms with Crippen molar-refractivity contribution in [1.29, 1.82) is 0 Å². The standard InChI is InChI=1S/C16H21N5S/c1-2-7-18-15(4-1)22-13-10-17-14-5-11-21(12-6-14)16-19-8-3-9-20-16/h1-4,7-9,14,17H,5-6,10-13H2. The minimum atomic E-state index is 0.601. The van der Waals surface area contributed by atoms with E-state index in [1.807, 2.05) is 36.8 Å². The van der Waals surface area contributed by atoms with Gasteiger partial charge in [-0.25, -0.2) is 15.0 Å². The summed E-state index contributed by atoms with van der Waals surface area (Å²) >= 11 is 1.80. The summed E-state index contributed by atoms with van der Waals surface area (Å²) in [6.45, 7) is 3.07. The normalized spacial score (nSPS) is 15.9. The summed E-state index contributed by atoms with van der Waals surface area (Å²) in [5.41, 5.74) is 0. The molecule has 1 aliphatic rings. The maximum atomic E-state index is 4.32. The zero-order chi connectivity index (χ0) is 15.0. The van der Waals surface area contributed by atoms with Gasteiger partial charge in [0.2, 0.25) is 5.95 Å². The van der Waals surface area contributed by atoms with Crippen molar-refractivity contribution >= 4 is 17.7 Å². The maximum absolute atomic E-state index is 4.32. The summed E-state index contributed by atoms with van der Waals surface area (Å²) in [5.74, 6) is 1.91. The van der Waals surface area contributed by atoms with Crippen molar-refractivity contribution in [2.45, 2.75) is 23.9 Å². The van der Waals surface area contributed by atoms with Crippen LogP contribution in [0.1, 0.15) is 12.8 Å². The second-order valence-corrected chi connectivity index (χ2v) is 6.40. The number of hydrogen-bond acceptors (Lipinski definition) is 6. The van der Waals surface area contributed by atoms with Gasteiger partial charge >= 0.3 is 0 Å². The van der Waals surface area contributed by atoms with Crippen molar-refractivity contribution in [2.24, 2.45) is 0 Å². The number of piperidine rings is 1. The van der Waals surface area contributed by atoms with Crippen LogP contribution >= 0.6 is 11.8 Å². The Labute approximate surface area is 135 Å². The third kappa shape index (κ3) is 4.42. The number of nitrogens with one attached hydrogen (secondary N) is 1. The molecule has 0 amide bonds. The largest absolute Gasteiger partial charge is 0.341 e. The Morgan fingerprint density at radius 1 is 1.05 bits per heavy atom. The fourth-order valence-electron chi connectivity index (χ4n) is 2.59. The molecule has 3 rings (SSSR count). The van der Waals surface area contributed by atoms with Crippen LogP contribution in [0.3, 0.4) is 0 Å². The molecule has 0 radical (unpaired) electrons. The molecule has 2 aromatic heterocycles. The molecule has 1 saturated heterocycles. The van der Waals surface area contributed by atoms with E-state index in [9.17, 15) is 0 Å². The van der Waals surface area contributed by atoms with E-state index in [1.54, 1.807) is 11.8 Å². The van der Waals surface area contributed by atoms with E-state index >= 15 is 0 Å². The molecule has 0 spiro atoms. The summed E-state index contributed by atoms with van der Waals surface area (Å²) < 4.78 is 0. The first-order valence-corrected chi connectivity index (χ1v) is 8.69. The highest BCUT2D eigenvalue weighted by Crippen LogP contribution is 2.16. The van der Waals surface area contributed by atoms with Gasteiger partial charge in [-0.3, -0.25) is 0 Å². The zero-order valence-electron chi connectivity index (χ0n) is 12.6. The Bertz CT molecular complexity index is 543. The number of nitrogens with zero attached hydrogens (tertiary/aromatic N) is 4. The van der Waals surface area contributed by atoms with Crippen molar-refractivity contribution in [3.63, 3.8) is 0 Å². The van der Waals surface area contributed by atoms with Gasteiger partial charge in [0.05, 0.1) is 5.03 Å². The average molecular weight is 315 g/mol. The fraction of sp³-hybridized carbons (Fsp3) is 0.438. The van der Waals surface area contributed by atoms with Gasteiger partial charge in [0.1, 0.15) is 0 Å². The molecule has 1 aliphatic heterocycles. The van der Waals surface area contributed by atoms with Gasteiger partial charge in [0.15, 0.2) is 0 Å². The second-order valence-electron chi connectivity index (χ2n) is 5.28. The van der Waals surface area contributed by atoms with Crippen molar-refractivity contribution in [3.05, 3.63) is 42.9 Å². The first kappa shape index (κ1) is 15.2. The quantitative estimate of drug-likeness (QED) is 0.652. The van der Waals surface area contributed by atoms with Crippen molar-refractivity contribution in [3.8, 4) is 0 Å². The summed E-state index contributed by atoms with van der Waals surface area (Å²) in [6, 6.07) is 8.50. The Kier molecular flexibility index (Phi) is 5.61. The number of thioether (sulfide) groups is 1. The Balaban J connectivity index is 1.34. The van der Waals surface area contributed by atoms with Crippen LogP contribution in [-0.4, -0.2) is 46.4 Å². The molecular weight excluding hydrogens is 294 g/mol. The van der Waals surface area contributed by atoms with Gasteiger partial charge in [0, 0.05) is 50.0 Å². The minimum Gasteiger partial charge on any atom is -0.341 e. The third-order valence-electron chi connectivity index (χ3n) is 3.75. The third-order valence-corrected chi connectivity index (χ3v) is 4.70. The summed E-state index contributed by atoms with van der Waals surface area (Å²) in [5, 5.41) is 4.75. The molecule has 0 aromatic carbocycles. The molecule has 3 heterocycles. The van der Waals surface area contributed by atoms with E-state index in [-0.39, 0.29) is 0 Å². The number of rotatable bonds is 6. The van der Waals surface area contributed by atoms with E-state index < -0.39 is 0 Å². The van der Waals surface area contributed by atoms with E-state index in [0.717, 1.165) is 49.2 Å². The smallest absolute Gasteiger partial charge is 0.225 e. The molecule has 0 aliphatic carbocycles. The molecular formula is C16H21N5S. The van der Waals surface area contributed by atoms with Crippen LogP contribution in [-0.2, 0) is 0 Å². The van der Waals surface area contributed by atoms with Crippen LogP contribution in [0, 0.1) is 0 Å². The van der Waals surface area contributed by atoms with Crippen molar-refractivity contribution in [1.82, 2.24) is 20.3 Å². The van der Waals surface area contributed by atoms with E-state index in [0.29, 0.717) is 6.04 Å². The molecule has 0 saturated carbocycles. The molecule has 1 N–H and O–H groups in total. The average Bonchev–Trinajstić information content (AvgIpc) is 2.61. The number of hydrogen-bond donors (Lipinski definition) is 1. The first-order chi connectivity index (χ1) is 10.9. The van der Waals surface area contributed by atoms with Crippen LogP contribution in [0.25, 0.3) is 0 Å². The summed E-state index contributed by atoms with van der Waals surface area (Å²) in [7, 11) is 0. The SMILES string of the molecule is c1ccc(SCCNC2CCN(c3ncccn3)CC2)nc1. The lowest BCUT2D eigenvalue weighted by Gasteiger charge is -2.32. The molecule has 1 fully saturated rings. The molecule has 116 valence electrons. The monoisotopic (exact) mass is 315 g/mol. The summed E-state index contributed by atoms with van der Waals surface area (Å²) in [4.78, 5) is 15.2. The predicted octanol–water partition coefficient (Wildman–Crippen LogP) is 2.22. The van der Waals surface area contributed by atoms with E-state index in [2.05, 4.69) is 31.2 Å².